The van der Waals surface area contributed by atoms with Gasteiger partial charge in [-0.1, -0.05) is 0 Å². The van der Waals surface area contributed by atoms with Gasteiger partial charge in [-0.05, 0) is 85.8 Å². The summed E-state index contributed by atoms with van der Waals surface area (Å²) in [5.74, 6) is -0.775. The van der Waals surface area contributed by atoms with Gasteiger partial charge >= 0.3 is 43.7 Å². The second-order valence-corrected chi connectivity index (χ2v) is 7.49. The van der Waals surface area contributed by atoms with Crippen molar-refractivity contribution < 1.29 is 12.8 Å². The minimum atomic E-state index is -0.775. The Morgan fingerprint density at radius 2 is 2.00 bits per heavy atom. The number of halogens is 3. The summed E-state index contributed by atoms with van der Waals surface area (Å²) in [6.45, 7) is 0. The Morgan fingerprint density at radius 1 is 1.40 bits per heavy atom. The van der Waals surface area contributed by atoms with Crippen LogP contribution in [0.3, 0.4) is 0 Å². The molecular weight excluding hydrogens is 625 g/mol. The van der Waals surface area contributed by atoms with Crippen molar-refractivity contribution in [3.63, 3.8) is 0 Å². The molecule has 0 radical (unpaired) electrons. The molecular formula is C12H15CaI3N2O2. The number of rotatable bonds is 5. The molecule has 0 aliphatic rings. The van der Waals surface area contributed by atoms with Crippen LogP contribution in [0.2, 0.25) is 0 Å². The zero-order valence-corrected chi connectivity index (χ0v) is 19.8. The number of carboxylic acids is 1. The maximum absolute atomic E-state index is 10.7. The summed E-state index contributed by atoms with van der Waals surface area (Å²) in [5.41, 5.74) is 1.98. The zero-order chi connectivity index (χ0) is 14.6. The molecule has 1 aromatic rings. The van der Waals surface area contributed by atoms with Gasteiger partial charge in [-0.25, -0.2) is 4.99 Å². The SMILES string of the molecule is CN(C)C=Nc1c(I)cc(I)c(CCC(=O)O)c1I.[Ca+2].[H-].[H-]. The summed E-state index contributed by atoms with van der Waals surface area (Å²) in [7, 11) is 3.84. The van der Waals surface area contributed by atoms with Crippen molar-refractivity contribution >= 4 is 124 Å². The molecule has 0 spiro atoms. The number of hydrogen-bond acceptors (Lipinski definition) is 2. The Bertz CT molecular complexity index is 532. The quantitative estimate of drug-likeness (QED) is 0.232. The van der Waals surface area contributed by atoms with Crippen LogP contribution >= 0.6 is 67.8 Å². The van der Waals surface area contributed by atoms with Crippen molar-refractivity contribution in [2.45, 2.75) is 12.8 Å². The van der Waals surface area contributed by atoms with Crippen LogP contribution in [0.25, 0.3) is 0 Å². The first-order valence-electron chi connectivity index (χ1n) is 5.41. The molecule has 108 valence electrons. The van der Waals surface area contributed by atoms with Gasteiger partial charge in [-0.3, -0.25) is 4.79 Å². The number of carbonyl (C=O) groups is 1. The van der Waals surface area contributed by atoms with E-state index >= 15 is 0 Å². The topological polar surface area (TPSA) is 52.9 Å². The van der Waals surface area contributed by atoms with E-state index in [0.29, 0.717) is 6.42 Å². The molecule has 0 heterocycles. The first-order chi connectivity index (χ1) is 8.82. The van der Waals surface area contributed by atoms with E-state index < -0.39 is 5.97 Å². The van der Waals surface area contributed by atoms with Crippen LogP contribution in [0.1, 0.15) is 14.8 Å². The molecule has 0 aliphatic carbocycles. The van der Waals surface area contributed by atoms with Gasteiger partial charge in [-0.15, -0.1) is 0 Å². The van der Waals surface area contributed by atoms with Gasteiger partial charge in [0.05, 0.1) is 12.0 Å². The molecule has 0 fully saturated rings. The second-order valence-electron chi connectivity index (χ2n) is 4.08. The molecule has 0 aliphatic heterocycles. The van der Waals surface area contributed by atoms with Gasteiger partial charge in [0.1, 0.15) is 0 Å². The van der Waals surface area contributed by atoms with Crippen molar-refractivity contribution in [1.82, 2.24) is 4.90 Å². The van der Waals surface area contributed by atoms with Crippen LogP contribution < -0.4 is 0 Å². The van der Waals surface area contributed by atoms with E-state index in [1.807, 2.05) is 25.1 Å². The molecule has 20 heavy (non-hydrogen) atoms. The third-order valence-electron chi connectivity index (χ3n) is 2.25. The average Bonchev–Trinajstić information content (AvgIpc) is 2.27. The fourth-order valence-electron chi connectivity index (χ4n) is 1.37. The van der Waals surface area contributed by atoms with Crippen LogP contribution in [-0.4, -0.2) is 74.1 Å². The zero-order valence-electron chi connectivity index (χ0n) is 13.2. The van der Waals surface area contributed by atoms with E-state index in [9.17, 15) is 4.79 Å². The van der Waals surface area contributed by atoms with E-state index in [2.05, 4.69) is 72.8 Å². The Morgan fingerprint density at radius 3 is 2.50 bits per heavy atom. The molecule has 0 aromatic heterocycles. The average molecular weight is 640 g/mol. The van der Waals surface area contributed by atoms with E-state index in [4.69, 9.17) is 5.11 Å². The molecule has 1 N–H and O–H groups in total. The Balaban J connectivity index is -0.00000120. The van der Waals surface area contributed by atoms with Gasteiger partial charge in [0.15, 0.2) is 0 Å². The van der Waals surface area contributed by atoms with E-state index in [1.165, 1.54) is 0 Å². The van der Waals surface area contributed by atoms with E-state index in [-0.39, 0.29) is 47.0 Å². The first-order valence-corrected chi connectivity index (χ1v) is 8.65. The van der Waals surface area contributed by atoms with Gasteiger partial charge < -0.3 is 12.9 Å². The van der Waals surface area contributed by atoms with Gasteiger partial charge in [-0.2, -0.15) is 0 Å². The summed E-state index contributed by atoms with van der Waals surface area (Å²) < 4.78 is 3.20. The van der Waals surface area contributed by atoms with E-state index in [1.54, 1.807) is 6.34 Å². The molecule has 0 bridgehead atoms. The Labute approximate surface area is 192 Å². The third-order valence-corrected chi connectivity index (χ3v) is 5.19. The number of nitrogens with zero attached hydrogens (tertiary/aromatic N) is 2. The largest absolute Gasteiger partial charge is 2.00 e. The van der Waals surface area contributed by atoms with Crippen LogP contribution in [0.15, 0.2) is 11.1 Å². The summed E-state index contributed by atoms with van der Waals surface area (Å²) in [6.07, 6.45) is 2.43. The number of carboxylic acid groups (broad SMARTS) is 1. The monoisotopic (exact) mass is 640 g/mol. The summed E-state index contributed by atoms with van der Waals surface area (Å²) >= 11 is 6.76. The van der Waals surface area contributed by atoms with Crippen LogP contribution in [0.5, 0.6) is 0 Å². The predicted octanol–water partition coefficient (Wildman–Crippen LogP) is 3.58. The molecule has 0 unspecified atom stereocenters. The summed E-state index contributed by atoms with van der Waals surface area (Å²) in [5, 5.41) is 8.81. The van der Waals surface area contributed by atoms with Crippen molar-refractivity contribution in [3.05, 3.63) is 22.3 Å². The summed E-state index contributed by atoms with van der Waals surface area (Å²) in [6, 6.07) is 2.04. The Kier molecular flexibility index (Phi) is 11.2. The minimum absolute atomic E-state index is 0. The number of aliphatic carboxylic acids is 1. The molecule has 4 nitrogen and oxygen atoms in total. The van der Waals surface area contributed by atoms with Crippen LogP contribution in [-0.2, 0) is 11.2 Å². The van der Waals surface area contributed by atoms with Gasteiger partial charge in [0, 0.05) is 31.2 Å². The first kappa shape index (κ1) is 21.6. The van der Waals surface area contributed by atoms with E-state index in [0.717, 1.165) is 22.0 Å². The number of aliphatic imine (C=N–C) groups is 1. The molecule has 8 heteroatoms. The smallest absolute Gasteiger partial charge is 1.00 e. The van der Waals surface area contributed by atoms with Gasteiger partial charge in [0.2, 0.25) is 0 Å². The molecule has 0 saturated carbocycles. The summed E-state index contributed by atoms with van der Waals surface area (Å²) in [4.78, 5) is 17.1. The number of benzene rings is 1. The fraction of sp³-hybridized carbons (Fsp3) is 0.333. The normalized spacial score (nSPS) is 10.4. The van der Waals surface area contributed by atoms with Gasteiger partial charge in [0.25, 0.3) is 0 Å². The fourth-order valence-corrected chi connectivity index (χ4v) is 5.56. The maximum atomic E-state index is 10.7. The van der Waals surface area contributed by atoms with Crippen molar-refractivity contribution in [2.24, 2.45) is 4.99 Å². The Hall–Kier alpha value is 1.61. The second kappa shape index (κ2) is 10.4. The minimum Gasteiger partial charge on any atom is -1.00 e. The molecule has 1 aromatic carbocycles. The molecule has 0 saturated heterocycles. The van der Waals surface area contributed by atoms with Crippen LogP contribution in [0, 0.1) is 10.7 Å². The van der Waals surface area contributed by atoms with Crippen molar-refractivity contribution in [3.8, 4) is 0 Å². The standard InChI is InChI=1S/C12H13I3N2O2.Ca.2H/c1-17(2)6-16-12-9(14)5-8(13)7(11(12)15)3-4-10(18)19;;;/h5-6H,3-4H2,1-2H3,(H,18,19);;;/q;+2;2*-1. The molecule has 0 amide bonds. The van der Waals surface area contributed by atoms with Crippen molar-refractivity contribution in [1.29, 1.82) is 0 Å². The third kappa shape index (κ3) is 6.80. The van der Waals surface area contributed by atoms with Crippen LogP contribution in [0.4, 0.5) is 5.69 Å². The molecule has 1 rings (SSSR count). The molecule has 0 atom stereocenters. The number of hydrogen-bond donors (Lipinski definition) is 1. The maximum Gasteiger partial charge on any atom is 2.00 e. The predicted molar refractivity (Wildman–Crippen MR) is 110 cm³/mol. The van der Waals surface area contributed by atoms with Crippen molar-refractivity contribution in [2.75, 3.05) is 14.1 Å².